The first-order valence-corrected chi connectivity index (χ1v) is 12.9. The fraction of sp³-hybridized carbons (Fsp3) is 0.455. The predicted molar refractivity (Wildman–Crippen MR) is 125 cm³/mol. The van der Waals surface area contributed by atoms with Gasteiger partial charge in [-0.2, -0.15) is 4.31 Å². The topological polar surface area (TPSA) is 96.0 Å². The van der Waals surface area contributed by atoms with Crippen molar-refractivity contribution in [3.05, 3.63) is 46.3 Å². The molecule has 0 unspecified atom stereocenters. The molecule has 8 nitrogen and oxygen atoms in total. The minimum atomic E-state index is -3.54. The number of rotatable bonds is 8. The second-order valence-corrected chi connectivity index (χ2v) is 10.6. The fourth-order valence-corrected chi connectivity index (χ4v) is 5.85. The fourth-order valence-electron chi connectivity index (χ4n) is 3.43. The molecule has 1 amide bonds. The van der Waals surface area contributed by atoms with Crippen molar-refractivity contribution in [1.29, 1.82) is 0 Å². The Morgan fingerprint density at radius 2 is 1.75 bits per heavy atom. The van der Waals surface area contributed by atoms with Gasteiger partial charge in [0, 0.05) is 31.1 Å². The van der Waals surface area contributed by atoms with E-state index in [1.54, 1.807) is 37.3 Å². The van der Waals surface area contributed by atoms with E-state index in [-0.39, 0.29) is 24.0 Å². The molecule has 3 rings (SSSR count). The second kappa shape index (κ2) is 10.6. The van der Waals surface area contributed by atoms with E-state index in [1.807, 2.05) is 18.7 Å². The van der Waals surface area contributed by atoms with Gasteiger partial charge >= 0.3 is 5.97 Å². The van der Waals surface area contributed by atoms with E-state index in [2.05, 4.69) is 5.32 Å². The first-order chi connectivity index (χ1) is 15.2. The van der Waals surface area contributed by atoms with Crippen LogP contribution >= 0.6 is 11.3 Å². The number of esters is 1. The zero-order valence-corrected chi connectivity index (χ0v) is 20.2. The number of nitrogens with one attached hydrogen (secondary N) is 1. The van der Waals surface area contributed by atoms with Crippen LogP contribution in [-0.2, 0) is 26.0 Å². The molecule has 0 saturated carbocycles. The largest absolute Gasteiger partial charge is 0.462 e. The molecule has 0 spiro atoms. The van der Waals surface area contributed by atoms with Gasteiger partial charge in [0.2, 0.25) is 15.9 Å². The Labute approximate surface area is 193 Å². The number of thiophene rings is 1. The lowest BCUT2D eigenvalue weighted by Crippen LogP contribution is -2.50. The molecule has 1 N–H and O–H groups in total. The van der Waals surface area contributed by atoms with Crippen LogP contribution in [0.2, 0.25) is 0 Å². The van der Waals surface area contributed by atoms with E-state index in [9.17, 15) is 18.0 Å². The summed E-state index contributed by atoms with van der Waals surface area (Å²) in [5, 5.41) is 3.32. The molecule has 0 bridgehead atoms. The van der Waals surface area contributed by atoms with Crippen LogP contribution in [0.3, 0.4) is 0 Å². The number of hydrogen-bond acceptors (Lipinski definition) is 7. The van der Waals surface area contributed by atoms with E-state index in [0.29, 0.717) is 36.7 Å². The monoisotopic (exact) mass is 479 g/mol. The Balaban J connectivity index is 1.58. The van der Waals surface area contributed by atoms with Crippen LogP contribution in [0.15, 0.2) is 35.2 Å². The minimum Gasteiger partial charge on any atom is -0.462 e. The molecule has 1 aromatic heterocycles. The van der Waals surface area contributed by atoms with Crippen molar-refractivity contribution in [3.8, 4) is 0 Å². The average molecular weight is 480 g/mol. The standard InChI is InChI=1S/C22H29N3O5S2/c1-4-17-14-19(22(27)30-5-2)21(31-17)23-20(26)15-24-10-12-25(13-11-24)32(28,29)18-8-6-16(3)7-9-18/h6-9,14H,4-5,10-13,15H2,1-3H3,(H,23,26). The first-order valence-electron chi connectivity index (χ1n) is 10.6. The Morgan fingerprint density at radius 1 is 1.09 bits per heavy atom. The number of aryl methyl sites for hydroxylation is 2. The summed E-state index contributed by atoms with van der Waals surface area (Å²) in [6.45, 7) is 7.56. The summed E-state index contributed by atoms with van der Waals surface area (Å²) < 4.78 is 32.2. The number of amides is 1. The van der Waals surface area contributed by atoms with Crippen LogP contribution in [-0.4, -0.2) is 68.8 Å². The lowest BCUT2D eigenvalue weighted by molar-refractivity contribution is -0.117. The van der Waals surface area contributed by atoms with Crippen molar-refractivity contribution in [2.45, 2.75) is 32.1 Å². The maximum atomic E-state index is 12.8. The van der Waals surface area contributed by atoms with Crippen molar-refractivity contribution in [1.82, 2.24) is 9.21 Å². The average Bonchev–Trinajstić information content (AvgIpc) is 3.17. The third-order valence-electron chi connectivity index (χ3n) is 5.24. The van der Waals surface area contributed by atoms with E-state index in [4.69, 9.17) is 4.74 Å². The van der Waals surface area contributed by atoms with Crippen molar-refractivity contribution in [2.75, 3.05) is 44.6 Å². The molecule has 1 aliphatic rings. The number of piperazine rings is 1. The highest BCUT2D eigenvalue weighted by molar-refractivity contribution is 7.89. The van der Waals surface area contributed by atoms with Gasteiger partial charge in [0.1, 0.15) is 5.00 Å². The van der Waals surface area contributed by atoms with Crippen molar-refractivity contribution >= 4 is 38.2 Å². The van der Waals surface area contributed by atoms with Crippen LogP contribution in [0.25, 0.3) is 0 Å². The Kier molecular flexibility index (Phi) is 8.05. The first kappa shape index (κ1) is 24.4. The van der Waals surface area contributed by atoms with Gasteiger partial charge < -0.3 is 10.1 Å². The Morgan fingerprint density at radius 3 is 2.34 bits per heavy atom. The second-order valence-electron chi connectivity index (χ2n) is 7.57. The molecule has 32 heavy (non-hydrogen) atoms. The van der Waals surface area contributed by atoms with Gasteiger partial charge in [0.25, 0.3) is 0 Å². The maximum Gasteiger partial charge on any atom is 0.341 e. The van der Waals surface area contributed by atoms with Crippen LogP contribution < -0.4 is 5.32 Å². The summed E-state index contributed by atoms with van der Waals surface area (Å²) in [4.78, 5) is 28.0. The third-order valence-corrected chi connectivity index (χ3v) is 8.34. The quantitative estimate of drug-likeness (QED) is 0.585. The highest BCUT2D eigenvalue weighted by Gasteiger charge is 2.29. The number of carbonyl (C=O) groups is 2. The van der Waals surface area contributed by atoms with E-state index in [1.165, 1.54) is 15.6 Å². The molecule has 0 atom stereocenters. The number of benzene rings is 1. The summed E-state index contributed by atoms with van der Waals surface area (Å²) in [6.07, 6.45) is 0.754. The minimum absolute atomic E-state index is 0.125. The van der Waals surface area contributed by atoms with Crippen molar-refractivity contribution in [3.63, 3.8) is 0 Å². The van der Waals surface area contributed by atoms with Gasteiger partial charge in [-0.05, 0) is 38.5 Å². The zero-order chi connectivity index (χ0) is 23.3. The number of nitrogens with zero attached hydrogens (tertiary/aromatic N) is 2. The zero-order valence-electron chi connectivity index (χ0n) is 18.6. The summed E-state index contributed by atoms with van der Waals surface area (Å²) in [6, 6.07) is 8.57. The predicted octanol–water partition coefficient (Wildman–Crippen LogP) is 2.74. The van der Waals surface area contributed by atoms with E-state index >= 15 is 0 Å². The van der Waals surface area contributed by atoms with Gasteiger partial charge in [-0.15, -0.1) is 11.3 Å². The summed E-state index contributed by atoms with van der Waals surface area (Å²) in [5.41, 5.74) is 1.37. The Bertz CT molecular complexity index is 1060. The highest BCUT2D eigenvalue weighted by atomic mass is 32.2. The highest BCUT2D eigenvalue weighted by Crippen LogP contribution is 2.29. The number of hydrogen-bond donors (Lipinski definition) is 1. The van der Waals surface area contributed by atoms with Gasteiger partial charge in [-0.3, -0.25) is 9.69 Å². The van der Waals surface area contributed by atoms with E-state index < -0.39 is 16.0 Å². The number of anilines is 1. The molecule has 1 aliphatic heterocycles. The van der Waals surface area contributed by atoms with Gasteiger partial charge in [-0.1, -0.05) is 24.6 Å². The number of sulfonamides is 1. The van der Waals surface area contributed by atoms with Crippen LogP contribution in [0.1, 0.15) is 34.6 Å². The van der Waals surface area contributed by atoms with Gasteiger partial charge in [0.05, 0.1) is 23.6 Å². The molecule has 1 saturated heterocycles. The molecular formula is C22H29N3O5S2. The lowest BCUT2D eigenvalue weighted by atomic mass is 10.2. The Hall–Kier alpha value is -2.27. The molecule has 0 radical (unpaired) electrons. The molecule has 1 fully saturated rings. The SMILES string of the molecule is CCOC(=O)c1cc(CC)sc1NC(=O)CN1CCN(S(=O)(=O)c2ccc(C)cc2)CC1. The van der Waals surface area contributed by atoms with Gasteiger partial charge in [-0.25, -0.2) is 13.2 Å². The van der Waals surface area contributed by atoms with E-state index in [0.717, 1.165) is 16.9 Å². The van der Waals surface area contributed by atoms with Crippen LogP contribution in [0.4, 0.5) is 5.00 Å². The summed E-state index contributed by atoms with van der Waals surface area (Å²) in [5.74, 6) is -0.691. The summed E-state index contributed by atoms with van der Waals surface area (Å²) >= 11 is 1.37. The smallest absolute Gasteiger partial charge is 0.341 e. The molecule has 0 aliphatic carbocycles. The molecule has 1 aromatic carbocycles. The normalized spacial score (nSPS) is 15.5. The lowest BCUT2D eigenvalue weighted by Gasteiger charge is -2.33. The summed E-state index contributed by atoms with van der Waals surface area (Å²) in [7, 11) is -3.54. The molecule has 10 heteroatoms. The van der Waals surface area contributed by atoms with Crippen molar-refractivity contribution in [2.24, 2.45) is 0 Å². The molecule has 2 heterocycles. The van der Waals surface area contributed by atoms with Crippen molar-refractivity contribution < 1.29 is 22.7 Å². The molecular weight excluding hydrogens is 450 g/mol. The van der Waals surface area contributed by atoms with Gasteiger partial charge in [0.15, 0.2) is 0 Å². The van der Waals surface area contributed by atoms with Crippen LogP contribution in [0, 0.1) is 6.92 Å². The number of carbonyl (C=O) groups excluding carboxylic acids is 2. The third kappa shape index (κ3) is 5.74. The maximum absolute atomic E-state index is 12.8. The number of ether oxygens (including phenoxy) is 1. The molecule has 2 aromatic rings. The molecule has 174 valence electrons. The van der Waals surface area contributed by atoms with Crippen LogP contribution in [0.5, 0.6) is 0 Å².